The Labute approximate surface area is 143 Å². The zero-order valence-corrected chi connectivity index (χ0v) is 14.6. The van der Waals surface area contributed by atoms with Gasteiger partial charge in [0.2, 0.25) is 0 Å². The van der Waals surface area contributed by atoms with Crippen LogP contribution in [0.15, 0.2) is 42.5 Å². The second-order valence-electron chi connectivity index (χ2n) is 4.49. The molecule has 0 saturated carbocycles. The zero-order chi connectivity index (χ0) is 15.1. The standard InChI is InChI=1S/C16H17ClINO2/c1-20-8-7-19-11-12-5-6-16(15(17)9-12)21-14-4-2-3-13(18)10-14/h2-6,9-10,19H,7-8,11H2,1H3. The minimum absolute atomic E-state index is 0.611. The van der Waals surface area contributed by atoms with E-state index in [0.717, 1.165) is 28.0 Å². The lowest BCUT2D eigenvalue weighted by molar-refractivity contribution is 0.199. The molecule has 21 heavy (non-hydrogen) atoms. The number of rotatable bonds is 7. The fourth-order valence-corrected chi connectivity index (χ4v) is 2.56. The molecule has 0 fully saturated rings. The second-order valence-corrected chi connectivity index (χ2v) is 6.15. The number of methoxy groups -OCH3 is 1. The number of ether oxygens (including phenoxy) is 2. The molecule has 2 aromatic rings. The highest BCUT2D eigenvalue weighted by atomic mass is 127. The third-order valence-electron chi connectivity index (χ3n) is 2.83. The van der Waals surface area contributed by atoms with Crippen LogP contribution in [-0.4, -0.2) is 20.3 Å². The molecule has 0 spiro atoms. The van der Waals surface area contributed by atoms with E-state index in [-0.39, 0.29) is 0 Å². The van der Waals surface area contributed by atoms with Crippen LogP contribution < -0.4 is 10.1 Å². The smallest absolute Gasteiger partial charge is 0.146 e. The third-order valence-corrected chi connectivity index (χ3v) is 3.80. The summed E-state index contributed by atoms with van der Waals surface area (Å²) in [5.41, 5.74) is 1.12. The van der Waals surface area contributed by atoms with Crippen molar-refractivity contribution in [2.45, 2.75) is 6.54 Å². The molecular weight excluding hydrogens is 401 g/mol. The Morgan fingerprint density at radius 1 is 1.19 bits per heavy atom. The fraction of sp³-hybridized carbons (Fsp3) is 0.250. The van der Waals surface area contributed by atoms with Crippen LogP contribution in [0.5, 0.6) is 11.5 Å². The van der Waals surface area contributed by atoms with Gasteiger partial charge in [0, 0.05) is 23.8 Å². The van der Waals surface area contributed by atoms with E-state index in [0.29, 0.717) is 17.4 Å². The van der Waals surface area contributed by atoms with Crippen LogP contribution in [-0.2, 0) is 11.3 Å². The van der Waals surface area contributed by atoms with E-state index in [1.807, 2.05) is 42.5 Å². The van der Waals surface area contributed by atoms with Gasteiger partial charge in [-0.1, -0.05) is 23.7 Å². The van der Waals surface area contributed by atoms with Gasteiger partial charge in [-0.05, 0) is 58.5 Å². The van der Waals surface area contributed by atoms with Gasteiger partial charge in [-0.3, -0.25) is 0 Å². The van der Waals surface area contributed by atoms with Crippen molar-refractivity contribution in [3.63, 3.8) is 0 Å². The first-order valence-corrected chi connectivity index (χ1v) is 8.06. The zero-order valence-electron chi connectivity index (χ0n) is 11.7. The molecule has 3 nitrogen and oxygen atoms in total. The van der Waals surface area contributed by atoms with E-state index in [2.05, 4.69) is 27.9 Å². The molecular formula is C16H17ClINO2. The quantitative estimate of drug-likeness (QED) is 0.532. The molecule has 0 heterocycles. The van der Waals surface area contributed by atoms with E-state index < -0.39 is 0 Å². The Kier molecular flexibility index (Phi) is 6.76. The molecule has 0 radical (unpaired) electrons. The van der Waals surface area contributed by atoms with Crippen LogP contribution in [0.3, 0.4) is 0 Å². The van der Waals surface area contributed by atoms with Crippen LogP contribution in [0.1, 0.15) is 5.56 Å². The molecule has 0 unspecified atom stereocenters. The SMILES string of the molecule is COCCNCc1ccc(Oc2cccc(I)c2)c(Cl)c1. The number of benzene rings is 2. The molecule has 2 aromatic carbocycles. The maximum Gasteiger partial charge on any atom is 0.146 e. The Hall–Kier alpha value is -0.820. The van der Waals surface area contributed by atoms with Crippen LogP contribution in [0.25, 0.3) is 0 Å². The second kappa shape index (κ2) is 8.58. The summed E-state index contributed by atoms with van der Waals surface area (Å²) in [5, 5.41) is 3.89. The first-order valence-electron chi connectivity index (χ1n) is 6.60. The van der Waals surface area contributed by atoms with E-state index in [4.69, 9.17) is 21.1 Å². The monoisotopic (exact) mass is 417 g/mol. The minimum Gasteiger partial charge on any atom is -0.456 e. The average molecular weight is 418 g/mol. The van der Waals surface area contributed by atoms with Crippen molar-refractivity contribution in [3.05, 3.63) is 56.6 Å². The summed E-state index contributed by atoms with van der Waals surface area (Å²) in [6.45, 7) is 2.27. The van der Waals surface area contributed by atoms with Gasteiger partial charge >= 0.3 is 0 Å². The predicted molar refractivity (Wildman–Crippen MR) is 94.3 cm³/mol. The number of hydrogen-bond donors (Lipinski definition) is 1. The molecule has 0 atom stereocenters. The van der Waals surface area contributed by atoms with E-state index >= 15 is 0 Å². The molecule has 112 valence electrons. The van der Waals surface area contributed by atoms with Gasteiger partial charge in [0.05, 0.1) is 11.6 Å². The van der Waals surface area contributed by atoms with Gasteiger partial charge in [-0.15, -0.1) is 0 Å². The summed E-state index contributed by atoms with van der Waals surface area (Å²) in [6.07, 6.45) is 0. The van der Waals surface area contributed by atoms with Gasteiger partial charge in [-0.2, -0.15) is 0 Å². The summed E-state index contributed by atoms with van der Waals surface area (Å²) >= 11 is 8.53. The summed E-state index contributed by atoms with van der Waals surface area (Å²) in [7, 11) is 1.69. The first kappa shape index (κ1) is 16.5. The average Bonchev–Trinajstić information content (AvgIpc) is 2.46. The molecule has 2 rings (SSSR count). The van der Waals surface area contributed by atoms with Gasteiger partial charge < -0.3 is 14.8 Å². The highest BCUT2D eigenvalue weighted by molar-refractivity contribution is 14.1. The lowest BCUT2D eigenvalue weighted by Crippen LogP contribution is -2.18. The maximum atomic E-state index is 6.28. The van der Waals surface area contributed by atoms with Crippen molar-refractivity contribution >= 4 is 34.2 Å². The number of halogens is 2. The topological polar surface area (TPSA) is 30.5 Å². The Morgan fingerprint density at radius 3 is 2.76 bits per heavy atom. The summed E-state index contributed by atoms with van der Waals surface area (Å²) in [4.78, 5) is 0. The van der Waals surface area contributed by atoms with Crippen molar-refractivity contribution in [1.29, 1.82) is 0 Å². The Bertz CT molecular complexity index is 592. The molecule has 5 heteroatoms. The Balaban J connectivity index is 1.98. The van der Waals surface area contributed by atoms with Gasteiger partial charge in [0.1, 0.15) is 11.5 Å². The summed E-state index contributed by atoms with van der Waals surface area (Å²) in [5.74, 6) is 1.45. The van der Waals surface area contributed by atoms with Gasteiger partial charge in [0.15, 0.2) is 0 Å². The molecule has 0 amide bonds. The van der Waals surface area contributed by atoms with Crippen LogP contribution >= 0.6 is 34.2 Å². The third kappa shape index (κ3) is 5.47. The van der Waals surface area contributed by atoms with E-state index in [1.165, 1.54) is 0 Å². The molecule has 0 aliphatic carbocycles. The first-order chi connectivity index (χ1) is 10.2. The molecule has 0 aliphatic rings. The molecule has 0 bridgehead atoms. The van der Waals surface area contributed by atoms with Crippen LogP contribution in [0.2, 0.25) is 5.02 Å². The number of nitrogens with one attached hydrogen (secondary N) is 1. The van der Waals surface area contributed by atoms with Gasteiger partial charge in [0.25, 0.3) is 0 Å². The van der Waals surface area contributed by atoms with Crippen molar-refractivity contribution in [2.24, 2.45) is 0 Å². The maximum absolute atomic E-state index is 6.28. The van der Waals surface area contributed by atoms with Crippen molar-refractivity contribution in [2.75, 3.05) is 20.3 Å². The van der Waals surface area contributed by atoms with E-state index in [1.54, 1.807) is 7.11 Å². The van der Waals surface area contributed by atoms with Crippen molar-refractivity contribution in [3.8, 4) is 11.5 Å². The predicted octanol–water partition coefficient (Wildman–Crippen LogP) is 4.47. The Morgan fingerprint density at radius 2 is 2.05 bits per heavy atom. The summed E-state index contributed by atoms with van der Waals surface area (Å²) < 4.78 is 11.9. The van der Waals surface area contributed by atoms with E-state index in [9.17, 15) is 0 Å². The normalized spacial score (nSPS) is 10.6. The van der Waals surface area contributed by atoms with Gasteiger partial charge in [-0.25, -0.2) is 0 Å². The van der Waals surface area contributed by atoms with Crippen LogP contribution in [0, 0.1) is 3.57 Å². The highest BCUT2D eigenvalue weighted by Crippen LogP contribution is 2.30. The molecule has 0 aliphatic heterocycles. The number of hydrogen-bond acceptors (Lipinski definition) is 3. The van der Waals surface area contributed by atoms with Crippen LogP contribution in [0.4, 0.5) is 0 Å². The summed E-state index contributed by atoms with van der Waals surface area (Å²) in [6, 6.07) is 13.7. The van der Waals surface area contributed by atoms with Crippen molar-refractivity contribution in [1.82, 2.24) is 5.32 Å². The fourth-order valence-electron chi connectivity index (χ4n) is 1.80. The largest absolute Gasteiger partial charge is 0.456 e. The highest BCUT2D eigenvalue weighted by Gasteiger charge is 2.05. The lowest BCUT2D eigenvalue weighted by Gasteiger charge is -2.10. The minimum atomic E-state index is 0.611. The lowest BCUT2D eigenvalue weighted by atomic mass is 10.2. The van der Waals surface area contributed by atoms with Crippen molar-refractivity contribution < 1.29 is 9.47 Å². The molecule has 0 aromatic heterocycles. The molecule has 1 N–H and O–H groups in total. The molecule has 0 saturated heterocycles.